The topological polar surface area (TPSA) is 79.0 Å². The molecule has 0 amide bonds. The Hall–Kier alpha value is -2.39. The first kappa shape index (κ1) is 15.0. The van der Waals surface area contributed by atoms with Crippen molar-refractivity contribution in [3.8, 4) is 6.07 Å². The first-order valence-corrected chi connectivity index (χ1v) is 7.01. The lowest BCUT2D eigenvalue weighted by molar-refractivity contribution is -0.384. The molecule has 0 aliphatic carbocycles. The summed E-state index contributed by atoms with van der Waals surface area (Å²) in [7, 11) is 0. The molecule has 0 saturated carbocycles. The molecule has 106 valence electrons. The number of nitriles is 1. The van der Waals surface area contributed by atoms with Crippen molar-refractivity contribution in [1.82, 2.24) is 0 Å². The Labute approximate surface area is 130 Å². The number of hydrogen-bond acceptors (Lipinski definition) is 4. The molecule has 0 fully saturated rings. The van der Waals surface area contributed by atoms with Crippen LogP contribution in [0.15, 0.2) is 46.9 Å². The summed E-state index contributed by atoms with van der Waals surface area (Å²) in [6.45, 7) is 1.93. The summed E-state index contributed by atoms with van der Waals surface area (Å²) in [5.41, 5.74) is 2.24. The van der Waals surface area contributed by atoms with Gasteiger partial charge < -0.3 is 5.32 Å². The predicted octanol–water partition coefficient (Wildman–Crippen LogP) is 4.40. The molecule has 0 aliphatic rings. The van der Waals surface area contributed by atoms with Crippen LogP contribution < -0.4 is 5.32 Å². The molecule has 5 nitrogen and oxygen atoms in total. The Kier molecular flexibility index (Phi) is 4.55. The molecule has 0 saturated heterocycles. The highest BCUT2D eigenvalue weighted by Crippen LogP contribution is 2.25. The highest BCUT2D eigenvalue weighted by atomic mass is 79.9. The van der Waals surface area contributed by atoms with Crippen molar-refractivity contribution in [3.63, 3.8) is 0 Å². The van der Waals surface area contributed by atoms with E-state index in [0.717, 1.165) is 15.7 Å². The van der Waals surface area contributed by atoms with E-state index in [1.54, 1.807) is 18.2 Å². The van der Waals surface area contributed by atoms with Crippen molar-refractivity contribution in [1.29, 1.82) is 5.26 Å². The number of nitrogens with one attached hydrogen (secondary N) is 1. The molecule has 0 heterocycles. The fraction of sp³-hybridized carbons (Fsp3) is 0.133. The molecule has 1 N–H and O–H groups in total. The second-order valence-corrected chi connectivity index (χ2v) is 5.43. The smallest absolute Gasteiger partial charge is 0.269 e. The van der Waals surface area contributed by atoms with Crippen LogP contribution in [0.5, 0.6) is 0 Å². The summed E-state index contributed by atoms with van der Waals surface area (Å²) in [5.74, 6) is 0. The van der Waals surface area contributed by atoms with Gasteiger partial charge in [0.1, 0.15) is 6.07 Å². The van der Waals surface area contributed by atoms with E-state index in [1.165, 1.54) is 12.1 Å². The van der Waals surface area contributed by atoms with Gasteiger partial charge in [0.25, 0.3) is 5.69 Å². The summed E-state index contributed by atoms with van der Waals surface area (Å²) in [4.78, 5) is 10.2. The average molecular weight is 346 g/mol. The molecule has 0 aliphatic heterocycles. The van der Waals surface area contributed by atoms with Gasteiger partial charge in [-0.25, -0.2) is 0 Å². The van der Waals surface area contributed by atoms with Gasteiger partial charge in [-0.2, -0.15) is 5.26 Å². The largest absolute Gasteiger partial charge is 0.377 e. The molecule has 1 unspecified atom stereocenters. The number of nitrogens with zero attached hydrogens (tertiary/aromatic N) is 2. The van der Waals surface area contributed by atoms with Crippen LogP contribution in [0, 0.1) is 21.4 Å². The number of benzene rings is 2. The summed E-state index contributed by atoms with van der Waals surface area (Å²) in [6, 6.07) is 13.8. The van der Waals surface area contributed by atoms with E-state index in [9.17, 15) is 10.1 Å². The summed E-state index contributed by atoms with van der Waals surface area (Å²) >= 11 is 3.33. The molecule has 0 spiro atoms. The lowest BCUT2D eigenvalue weighted by Crippen LogP contribution is -2.07. The van der Waals surface area contributed by atoms with E-state index < -0.39 is 4.92 Å². The summed E-state index contributed by atoms with van der Waals surface area (Å²) in [6.07, 6.45) is 0. The van der Waals surface area contributed by atoms with Gasteiger partial charge in [-0.1, -0.05) is 28.1 Å². The molecular formula is C15H12BrN3O2. The number of nitro benzene ring substituents is 1. The third-order valence-electron chi connectivity index (χ3n) is 3.08. The Balaban J connectivity index is 2.20. The fourth-order valence-corrected chi connectivity index (χ4v) is 2.30. The number of rotatable bonds is 4. The summed E-state index contributed by atoms with van der Waals surface area (Å²) in [5, 5.41) is 23.0. The van der Waals surface area contributed by atoms with E-state index in [0.29, 0.717) is 5.56 Å². The van der Waals surface area contributed by atoms with E-state index in [4.69, 9.17) is 5.26 Å². The number of nitro groups is 1. The minimum Gasteiger partial charge on any atom is -0.377 e. The minimum atomic E-state index is -0.426. The lowest BCUT2D eigenvalue weighted by atomic mass is 10.1. The van der Waals surface area contributed by atoms with E-state index in [2.05, 4.69) is 27.3 Å². The van der Waals surface area contributed by atoms with Gasteiger partial charge >= 0.3 is 0 Å². The molecule has 21 heavy (non-hydrogen) atoms. The molecule has 0 radical (unpaired) electrons. The van der Waals surface area contributed by atoms with Crippen molar-refractivity contribution in [2.75, 3.05) is 5.32 Å². The van der Waals surface area contributed by atoms with E-state index >= 15 is 0 Å². The van der Waals surface area contributed by atoms with Crippen LogP contribution >= 0.6 is 15.9 Å². The van der Waals surface area contributed by atoms with Gasteiger partial charge in [0.05, 0.1) is 16.2 Å². The molecule has 1 atom stereocenters. The molecular weight excluding hydrogens is 334 g/mol. The predicted molar refractivity (Wildman–Crippen MR) is 84.0 cm³/mol. The van der Waals surface area contributed by atoms with Crippen molar-refractivity contribution < 1.29 is 4.92 Å². The van der Waals surface area contributed by atoms with Crippen molar-refractivity contribution in [3.05, 3.63) is 68.2 Å². The Morgan fingerprint density at radius 1 is 1.29 bits per heavy atom. The number of non-ortho nitro benzene ring substituents is 1. The third kappa shape index (κ3) is 3.58. The van der Waals surface area contributed by atoms with Gasteiger partial charge in [-0.15, -0.1) is 0 Å². The zero-order valence-corrected chi connectivity index (χ0v) is 12.8. The molecule has 2 aromatic carbocycles. The van der Waals surface area contributed by atoms with Crippen LogP contribution in [0.3, 0.4) is 0 Å². The normalized spacial score (nSPS) is 11.5. The maximum Gasteiger partial charge on any atom is 0.269 e. The average Bonchev–Trinajstić information content (AvgIpc) is 2.49. The highest BCUT2D eigenvalue weighted by molar-refractivity contribution is 9.10. The highest BCUT2D eigenvalue weighted by Gasteiger charge is 2.11. The first-order valence-electron chi connectivity index (χ1n) is 6.22. The SMILES string of the molecule is CC(Nc1ccc(Br)cc1C#N)c1ccc([N+](=O)[O-])cc1. The van der Waals surface area contributed by atoms with Crippen LogP contribution in [-0.2, 0) is 0 Å². The number of hydrogen-bond donors (Lipinski definition) is 1. The van der Waals surface area contributed by atoms with Gasteiger partial charge in [0.2, 0.25) is 0 Å². The molecule has 6 heteroatoms. The second kappa shape index (κ2) is 6.37. The first-order chi connectivity index (χ1) is 10.0. The molecule has 2 rings (SSSR count). The van der Waals surface area contributed by atoms with Gasteiger partial charge in [0.15, 0.2) is 0 Å². The zero-order chi connectivity index (χ0) is 15.4. The Morgan fingerprint density at radius 2 is 1.95 bits per heavy atom. The third-order valence-corrected chi connectivity index (χ3v) is 3.57. The molecule has 0 bridgehead atoms. The quantitative estimate of drug-likeness (QED) is 0.657. The van der Waals surface area contributed by atoms with Gasteiger partial charge in [0, 0.05) is 22.6 Å². The zero-order valence-electron chi connectivity index (χ0n) is 11.2. The van der Waals surface area contributed by atoms with E-state index in [1.807, 2.05) is 19.1 Å². The fourth-order valence-electron chi connectivity index (χ4n) is 1.94. The maximum atomic E-state index is 10.6. The van der Waals surface area contributed by atoms with E-state index in [-0.39, 0.29) is 11.7 Å². The van der Waals surface area contributed by atoms with Crippen LogP contribution in [0.25, 0.3) is 0 Å². The van der Waals surface area contributed by atoms with Crippen molar-refractivity contribution in [2.24, 2.45) is 0 Å². The molecule has 0 aromatic heterocycles. The maximum absolute atomic E-state index is 10.6. The van der Waals surface area contributed by atoms with Crippen LogP contribution in [-0.4, -0.2) is 4.92 Å². The van der Waals surface area contributed by atoms with Crippen molar-refractivity contribution >= 4 is 27.3 Å². The number of halogens is 1. The van der Waals surface area contributed by atoms with Crippen molar-refractivity contribution in [2.45, 2.75) is 13.0 Å². The van der Waals surface area contributed by atoms with Gasteiger partial charge in [-0.05, 0) is 30.7 Å². The van der Waals surface area contributed by atoms with Crippen LogP contribution in [0.2, 0.25) is 0 Å². The number of anilines is 1. The standard InChI is InChI=1S/C15H12BrN3O2/c1-10(11-2-5-14(6-3-11)19(20)21)18-15-7-4-13(16)8-12(15)9-17/h2-8,10,18H,1H3. The second-order valence-electron chi connectivity index (χ2n) is 4.52. The van der Waals surface area contributed by atoms with Crippen LogP contribution in [0.4, 0.5) is 11.4 Å². The van der Waals surface area contributed by atoms with Crippen LogP contribution in [0.1, 0.15) is 24.1 Å². The minimum absolute atomic E-state index is 0.0623. The van der Waals surface area contributed by atoms with Gasteiger partial charge in [-0.3, -0.25) is 10.1 Å². The Bertz CT molecular complexity index is 708. The monoisotopic (exact) mass is 345 g/mol. The molecule has 2 aromatic rings. The summed E-state index contributed by atoms with van der Waals surface area (Å²) < 4.78 is 0.840. The lowest BCUT2D eigenvalue weighted by Gasteiger charge is -2.16. The Morgan fingerprint density at radius 3 is 2.52 bits per heavy atom.